The molecule has 3 nitrogen and oxygen atoms in total. The molecule has 1 atom stereocenters. The van der Waals surface area contributed by atoms with E-state index in [1.807, 2.05) is 6.20 Å². The highest BCUT2D eigenvalue weighted by atomic mass is 15.2. The summed E-state index contributed by atoms with van der Waals surface area (Å²) < 4.78 is 0. The fraction of sp³-hybridized carbons (Fsp3) is 0.643. The predicted octanol–water partition coefficient (Wildman–Crippen LogP) is 2.18. The van der Waals surface area contributed by atoms with Gasteiger partial charge in [-0.2, -0.15) is 0 Å². The lowest BCUT2D eigenvalue weighted by atomic mass is 9.88. The predicted molar refractivity (Wildman–Crippen MR) is 72.6 cm³/mol. The van der Waals surface area contributed by atoms with E-state index < -0.39 is 0 Å². The number of rotatable bonds is 1. The van der Waals surface area contributed by atoms with E-state index >= 15 is 0 Å². The fourth-order valence-electron chi connectivity index (χ4n) is 2.16. The van der Waals surface area contributed by atoms with Crippen LogP contribution < -0.4 is 10.2 Å². The maximum Gasteiger partial charge on any atom is 0.128 e. The van der Waals surface area contributed by atoms with Gasteiger partial charge < -0.3 is 10.2 Å². The van der Waals surface area contributed by atoms with E-state index in [1.165, 1.54) is 5.56 Å². The molecule has 0 aromatic carbocycles. The molecule has 0 radical (unpaired) electrons. The Morgan fingerprint density at radius 1 is 1.35 bits per heavy atom. The summed E-state index contributed by atoms with van der Waals surface area (Å²) in [6.07, 6.45) is 2.02. The third kappa shape index (κ3) is 2.97. The van der Waals surface area contributed by atoms with Crippen molar-refractivity contribution in [3.63, 3.8) is 0 Å². The van der Waals surface area contributed by atoms with Crippen molar-refractivity contribution in [1.29, 1.82) is 0 Å². The number of anilines is 1. The van der Waals surface area contributed by atoms with E-state index in [1.54, 1.807) is 0 Å². The molecule has 94 valence electrons. The quantitative estimate of drug-likeness (QED) is 0.806. The lowest BCUT2D eigenvalue weighted by Crippen LogP contribution is -2.49. The minimum absolute atomic E-state index is 0.183. The van der Waals surface area contributed by atoms with Crippen LogP contribution in [0.15, 0.2) is 18.3 Å². The molecule has 1 saturated heterocycles. The molecule has 2 heterocycles. The molecule has 3 heteroatoms. The number of nitrogens with zero attached hydrogens (tertiary/aromatic N) is 2. The highest BCUT2D eigenvalue weighted by Gasteiger charge is 2.18. The molecule has 0 amide bonds. The monoisotopic (exact) mass is 233 g/mol. The van der Waals surface area contributed by atoms with Crippen LogP contribution in [0.3, 0.4) is 0 Å². The van der Waals surface area contributed by atoms with Crippen LogP contribution in [0, 0.1) is 0 Å². The Morgan fingerprint density at radius 2 is 2.12 bits per heavy atom. The number of hydrogen-bond donors (Lipinski definition) is 1. The highest BCUT2D eigenvalue weighted by Crippen LogP contribution is 2.23. The molecule has 1 unspecified atom stereocenters. The smallest absolute Gasteiger partial charge is 0.128 e. The van der Waals surface area contributed by atoms with Crippen LogP contribution in [0.5, 0.6) is 0 Å². The van der Waals surface area contributed by atoms with Crippen molar-refractivity contribution in [2.24, 2.45) is 0 Å². The second kappa shape index (κ2) is 4.65. The van der Waals surface area contributed by atoms with Crippen molar-refractivity contribution >= 4 is 5.82 Å². The summed E-state index contributed by atoms with van der Waals surface area (Å²) in [5.41, 5.74) is 1.48. The van der Waals surface area contributed by atoms with Crippen LogP contribution in [0.2, 0.25) is 0 Å². The Balaban J connectivity index is 2.12. The SMILES string of the molecule is CC1CN(c2ccc(C(C)(C)C)cn2)CCN1. The molecular formula is C14H23N3. The minimum Gasteiger partial charge on any atom is -0.354 e. The molecule has 0 spiro atoms. The van der Waals surface area contributed by atoms with Crippen LogP contribution in [-0.4, -0.2) is 30.7 Å². The van der Waals surface area contributed by atoms with Gasteiger partial charge in [-0.1, -0.05) is 26.8 Å². The van der Waals surface area contributed by atoms with Crippen LogP contribution in [0.1, 0.15) is 33.3 Å². The molecule has 0 saturated carbocycles. The molecule has 0 bridgehead atoms. The maximum absolute atomic E-state index is 4.60. The van der Waals surface area contributed by atoms with Gasteiger partial charge in [0, 0.05) is 31.9 Å². The summed E-state index contributed by atoms with van der Waals surface area (Å²) in [6, 6.07) is 4.90. The Bertz CT molecular complexity index is 364. The Kier molecular flexibility index (Phi) is 3.38. The molecule has 1 aliphatic heterocycles. The van der Waals surface area contributed by atoms with E-state index in [0.29, 0.717) is 6.04 Å². The molecule has 1 fully saturated rings. The largest absolute Gasteiger partial charge is 0.354 e. The van der Waals surface area contributed by atoms with Crippen molar-refractivity contribution in [3.8, 4) is 0 Å². The zero-order chi connectivity index (χ0) is 12.5. The first-order valence-electron chi connectivity index (χ1n) is 6.42. The highest BCUT2D eigenvalue weighted by molar-refractivity contribution is 5.41. The van der Waals surface area contributed by atoms with Gasteiger partial charge in [0.15, 0.2) is 0 Å². The number of piperazine rings is 1. The molecule has 1 aromatic heterocycles. The zero-order valence-corrected chi connectivity index (χ0v) is 11.3. The molecule has 17 heavy (non-hydrogen) atoms. The number of nitrogens with one attached hydrogen (secondary N) is 1. The minimum atomic E-state index is 0.183. The Labute approximate surface area is 104 Å². The Hall–Kier alpha value is -1.09. The average Bonchev–Trinajstić information content (AvgIpc) is 2.28. The number of hydrogen-bond acceptors (Lipinski definition) is 3. The van der Waals surface area contributed by atoms with Gasteiger partial charge in [0.2, 0.25) is 0 Å². The van der Waals surface area contributed by atoms with Gasteiger partial charge in [-0.05, 0) is 24.0 Å². The number of aromatic nitrogens is 1. The lowest BCUT2D eigenvalue weighted by molar-refractivity contribution is 0.482. The summed E-state index contributed by atoms with van der Waals surface area (Å²) in [5.74, 6) is 1.10. The number of pyridine rings is 1. The van der Waals surface area contributed by atoms with Gasteiger partial charge in [-0.15, -0.1) is 0 Å². The van der Waals surface area contributed by atoms with Crippen molar-refractivity contribution < 1.29 is 0 Å². The zero-order valence-electron chi connectivity index (χ0n) is 11.3. The molecule has 2 rings (SSSR count). The normalized spacial score (nSPS) is 21.6. The topological polar surface area (TPSA) is 28.2 Å². The average molecular weight is 233 g/mol. The van der Waals surface area contributed by atoms with Gasteiger partial charge in [0.25, 0.3) is 0 Å². The van der Waals surface area contributed by atoms with E-state index in [0.717, 1.165) is 25.5 Å². The molecule has 1 N–H and O–H groups in total. The third-order valence-electron chi connectivity index (χ3n) is 3.31. The molecule has 1 aromatic rings. The van der Waals surface area contributed by atoms with Crippen molar-refractivity contribution in [3.05, 3.63) is 23.9 Å². The Morgan fingerprint density at radius 3 is 2.65 bits per heavy atom. The molecular weight excluding hydrogens is 210 g/mol. The summed E-state index contributed by atoms with van der Waals surface area (Å²) >= 11 is 0. The molecule has 0 aliphatic carbocycles. The van der Waals surface area contributed by atoms with E-state index in [2.05, 4.69) is 55.0 Å². The summed E-state index contributed by atoms with van der Waals surface area (Å²) in [4.78, 5) is 6.96. The standard InChI is InChI=1S/C14H23N3/c1-11-10-17(8-7-15-11)13-6-5-12(9-16-13)14(2,3)4/h5-6,9,11,15H,7-8,10H2,1-4H3. The van der Waals surface area contributed by atoms with Gasteiger partial charge in [0.1, 0.15) is 5.82 Å². The van der Waals surface area contributed by atoms with Crippen LogP contribution in [-0.2, 0) is 5.41 Å². The first-order valence-corrected chi connectivity index (χ1v) is 6.42. The van der Waals surface area contributed by atoms with Gasteiger partial charge >= 0.3 is 0 Å². The van der Waals surface area contributed by atoms with Gasteiger partial charge in [-0.25, -0.2) is 4.98 Å². The van der Waals surface area contributed by atoms with Crippen LogP contribution in [0.25, 0.3) is 0 Å². The van der Waals surface area contributed by atoms with E-state index in [4.69, 9.17) is 0 Å². The van der Waals surface area contributed by atoms with Gasteiger partial charge in [0.05, 0.1) is 0 Å². The van der Waals surface area contributed by atoms with Crippen LogP contribution >= 0.6 is 0 Å². The fourth-order valence-corrected chi connectivity index (χ4v) is 2.16. The first-order chi connectivity index (χ1) is 7.97. The summed E-state index contributed by atoms with van der Waals surface area (Å²) in [7, 11) is 0. The molecule has 1 aliphatic rings. The first kappa shape index (κ1) is 12.4. The van der Waals surface area contributed by atoms with E-state index in [-0.39, 0.29) is 5.41 Å². The van der Waals surface area contributed by atoms with Crippen molar-refractivity contribution in [2.45, 2.75) is 39.2 Å². The van der Waals surface area contributed by atoms with Crippen molar-refractivity contribution in [1.82, 2.24) is 10.3 Å². The second-order valence-electron chi connectivity index (χ2n) is 5.96. The second-order valence-corrected chi connectivity index (χ2v) is 5.96. The van der Waals surface area contributed by atoms with E-state index in [9.17, 15) is 0 Å². The third-order valence-corrected chi connectivity index (χ3v) is 3.31. The van der Waals surface area contributed by atoms with Crippen molar-refractivity contribution in [2.75, 3.05) is 24.5 Å². The summed E-state index contributed by atoms with van der Waals surface area (Å²) in [5, 5.41) is 3.45. The van der Waals surface area contributed by atoms with Crippen LogP contribution in [0.4, 0.5) is 5.82 Å². The summed E-state index contributed by atoms with van der Waals surface area (Å²) in [6.45, 7) is 12.0. The lowest BCUT2D eigenvalue weighted by Gasteiger charge is -2.33. The maximum atomic E-state index is 4.60. The van der Waals surface area contributed by atoms with Gasteiger partial charge in [-0.3, -0.25) is 0 Å².